The fourth-order valence-electron chi connectivity index (χ4n) is 8.22. The van der Waals surface area contributed by atoms with Crippen molar-refractivity contribution in [2.45, 2.75) is 68.2 Å². The lowest BCUT2D eigenvalue weighted by Crippen LogP contribution is -2.82. The summed E-state index contributed by atoms with van der Waals surface area (Å²) < 4.78 is 6.75. The van der Waals surface area contributed by atoms with Gasteiger partial charge in [-0.3, -0.25) is 9.69 Å². The van der Waals surface area contributed by atoms with Gasteiger partial charge in [-0.15, -0.1) is 6.58 Å². The molecule has 2 N–H and O–H groups in total. The van der Waals surface area contributed by atoms with Gasteiger partial charge in [-0.2, -0.15) is 0 Å². The van der Waals surface area contributed by atoms with Gasteiger partial charge in [-0.25, -0.2) is 0 Å². The highest BCUT2D eigenvalue weighted by Crippen LogP contribution is 2.69. The molecule has 1 saturated heterocycles. The largest absolute Gasteiger partial charge is 0.504 e. The highest BCUT2D eigenvalue weighted by atomic mass is 16.5. The molecule has 2 fully saturated rings. The number of benzene rings is 2. The molecular formula is C31H36N2O4. The van der Waals surface area contributed by atoms with Crippen LogP contribution in [0.15, 0.2) is 55.1 Å². The number of carbonyl (C=O) groups excluding carboxylic acids is 1. The molecule has 2 aromatic carbocycles. The SMILES string of the molecule is C=CCN1CC[C@]23c4c5ccc(O)c4OC2(C)C(N(C)C(=O)/C=C/c2cccc(C)c2)CC[C@@]3(O)[C@H]1C5. The van der Waals surface area contributed by atoms with Gasteiger partial charge < -0.3 is 19.8 Å². The van der Waals surface area contributed by atoms with Crippen molar-refractivity contribution in [1.29, 1.82) is 0 Å². The summed E-state index contributed by atoms with van der Waals surface area (Å²) >= 11 is 0. The van der Waals surface area contributed by atoms with Crippen molar-refractivity contribution in [3.05, 3.63) is 77.4 Å². The van der Waals surface area contributed by atoms with Crippen LogP contribution < -0.4 is 4.74 Å². The van der Waals surface area contributed by atoms with Crippen LogP contribution in [0.25, 0.3) is 6.08 Å². The van der Waals surface area contributed by atoms with E-state index in [9.17, 15) is 15.0 Å². The van der Waals surface area contributed by atoms with Gasteiger partial charge in [0, 0.05) is 37.8 Å². The summed E-state index contributed by atoms with van der Waals surface area (Å²) in [5.74, 6) is 0.484. The number of aryl methyl sites for hydroxylation is 1. The number of ether oxygens (including phenoxy) is 1. The Balaban J connectivity index is 1.42. The van der Waals surface area contributed by atoms with E-state index in [0.717, 1.165) is 28.8 Å². The quantitative estimate of drug-likeness (QED) is 0.480. The molecule has 6 rings (SSSR count). The van der Waals surface area contributed by atoms with Crippen molar-refractivity contribution >= 4 is 12.0 Å². The predicted octanol–water partition coefficient (Wildman–Crippen LogP) is 3.97. The van der Waals surface area contributed by atoms with Crippen LogP contribution in [0.3, 0.4) is 0 Å². The first-order valence-electron chi connectivity index (χ1n) is 13.3. The van der Waals surface area contributed by atoms with Gasteiger partial charge in [-0.1, -0.05) is 42.0 Å². The van der Waals surface area contributed by atoms with Gasteiger partial charge in [0.2, 0.25) is 5.91 Å². The summed E-state index contributed by atoms with van der Waals surface area (Å²) in [4.78, 5) is 17.6. The van der Waals surface area contributed by atoms with Crippen molar-refractivity contribution < 1.29 is 19.7 Å². The third-order valence-electron chi connectivity index (χ3n) is 9.80. The molecule has 2 unspecified atom stereocenters. The Morgan fingerprint density at radius 2 is 2.11 bits per heavy atom. The van der Waals surface area contributed by atoms with E-state index in [4.69, 9.17) is 4.74 Å². The average molecular weight is 501 g/mol. The Hall–Kier alpha value is -3.09. The minimum atomic E-state index is -1.03. The molecule has 4 aliphatic rings. The molecule has 2 aliphatic heterocycles. The molecule has 6 heteroatoms. The van der Waals surface area contributed by atoms with E-state index >= 15 is 0 Å². The molecule has 2 heterocycles. The predicted molar refractivity (Wildman–Crippen MR) is 144 cm³/mol. The highest BCUT2D eigenvalue weighted by molar-refractivity contribution is 5.92. The van der Waals surface area contributed by atoms with E-state index in [-0.39, 0.29) is 23.7 Å². The fraction of sp³-hybridized carbons (Fsp3) is 0.452. The summed E-state index contributed by atoms with van der Waals surface area (Å²) in [5, 5.41) is 23.5. The second-order valence-corrected chi connectivity index (χ2v) is 11.5. The number of likely N-dealkylation sites (N-methyl/N-ethyl adjacent to an activating group) is 1. The number of piperidine rings is 1. The van der Waals surface area contributed by atoms with Crippen LogP contribution in [0.5, 0.6) is 11.5 Å². The Morgan fingerprint density at radius 3 is 2.86 bits per heavy atom. The summed E-state index contributed by atoms with van der Waals surface area (Å²) in [6, 6.07) is 11.4. The second kappa shape index (κ2) is 8.20. The molecule has 0 aromatic heterocycles. The molecule has 5 atom stereocenters. The molecule has 1 saturated carbocycles. The standard InChI is InChI=1S/C31H36N2O4/c1-5-16-33-17-15-30-27-22-10-11-23(34)28(27)37-29(30,3)24(13-14-31(30,36)25(33)19-22)32(4)26(35)12-9-21-8-6-7-20(2)18-21/h5-12,18,24-25,34,36H,1,13-17,19H2,2-4H3/b12-9+/t24?,25-,29?,30+,31-/m1/s1. The first-order chi connectivity index (χ1) is 17.7. The van der Waals surface area contributed by atoms with E-state index in [1.54, 1.807) is 17.0 Å². The summed E-state index contributed by atoms with van der Waals surface area (Å²) in [7, 11) is 1.83. The van der Waals surface area contributed by atoms with E-state index in [1.165, 1.54) is 0 Å². The first kappa shape index (κ1) is 24.3. The molecule has 6 nitrogen and oxygen atoms in total. The number of aromatic hydroxyl groups is 1. The van der Waals surface area contributed by atoms with E-state index in [1.807, 2.05) is 63.4 Å². The van der Waals surface area contributed by atoms with Gasteiger partial charge in [-0.05, 0) is 62.8 Å². The average Bonchev–Trinajstić information content (AvgIpc) is 3.15. The van der Waals surface area contributed by atoms with Crippen LogP contribution in [0.4, 0.5) is 0 Å². The molecule has 2 aliphatic carbocycles. The zero-order valence-electron chi connectivity index (χ0n) is 21.9. The number of hydrogen-bond acceptors (Lipinski definition) is 5. The molecular weight excluding hydrogens is 464 g/mol. The van der Waals surface area contributed by atoms with Crippen molar-refractivity contribution in [3.8, 4) is 11.5 Å². The number of likely N-dealkylation sites (tertiary alicyclic amines) is 1. The minimum Gasteiger partial charge on any atom is -0.504 e. The molecule has 2 bridgehead atoms. The van der Waals surface area contributed by atoms with Crippen molar-refractivity contribution in [3.63, 3.8) is 0 Å². The first-order valence-corrected chi connectivity index (χ1v) is 13.3. The number of phenolic OH excluding ortho intramolecular Hbond substituents is 1. The lowest BCUT2D eigenvalue weighted by atomic mass is 9.44. The van der Waals surface area contributed by atoms with Gasteiger partial charge >= 0.3 is 0 Å². The number of nitrogens with zero attached hydrogens (tertiary/aromatic N) is 2. The van der Waals surface area contributed by atoms with E-state index in [0.29, 0.717) is 38.0 Å². The zero-order chi connectivity index (χ0) is 26.2. The third kappa shape index (κ3) is 3.09. The van der Waals surface area contributed by atoms with Crippen LogP contribution in [-0.4, -0.2) is 69.3 Å². The molecule has 194 valence electrons. The van der Waals surface area contributed by atoms with Crippen LogP contribution in [0.2, 0.25) is 0 Å². The topological polar surface area (TPSA) is 73.2 Å². The van der Waals surface area contributed by atoms with Crippen LogP contribution in [0, 0.1) is 6.92 Å². The van der Waals surface area contributed by atoms with Crippen molar-refractivity contribution in [2.24, 2.45) is 0 Å². The van der Waals surface area contributed by atoms with E-state index < -0.39 is 16.6 Å². The number of amides is 1. The number of hydrogen-bond donors (Lipinski definition) is 2. The lowest BCUT2D eigenvalue weighted by molar-refractivity contribution is -0.227. The van der Waals surface area contributed by atoms with E-state index in [2.05, 4.69) is 11.5 Å². The Bertz CT molecular complexity index is 1320. The normalized spacial score (nSPS) is 33.6. The lowest BCUT2D eigenvalue weighted by Gasteiger charge is -2.67. The number of aliphatic hydroxyl groups is 1. The van der Waals surface area contributed by atoms with Crippen molar-refractivity contribution in [1.82, 2.24) is 9.80 Å². The molecule has 2 aromatic rings. The smallest absolute Gasteiger partial charge is 0.246 e. The van der Waals surface area contributed by atoms with Gasteiger partial charge in [0.1, 0.15) is 5.60 Å². The van der Waals surface area contributed by atoms with Crippen LogP contribution in [-0.2, 0) is 16.6 Å². The van der Waals surface area contributed by atoms with Crippen LogP contribution >= 0.6 is 0 Å². The van der Waals surface area contributed by atoms with Crippen LogP contribution in [0.1, 0.15) is 48.4 Å². The molecule has 1 spiro atoms. The Labute approximate surface area is 218 Å². The maximum absolute atomic E-state index is 13.5. The summed E-state index contributed by atoms with van der Waals surface area (Å²) in [5.41, 5.74) is 1.55. The summed E-state index contributed by atoms with van der Waals surface area (Å²) in [6.45, 7) is 9.54. The van der Waals surface area contributed by atoms with Crippen molar-refractivity contribution in [2.75, 3.05) is 20.1 Å². The molecule has 0 radical (unpaired) electrons. The summed E-state index contributed by atoms with van der Waals surface area (Å²) in [6.07, 6.45) is 7.93. The van der Waals surface area contributed by atoms with Gasteiger partial charge in [0.25, 0.3) is 0 Å². The fourth-order valence-corrected chi connectivity index (χ4v) is 8.22. The minimum absolute atomic E-state index is 0.0756. The number of rotatable bonds is 5. The molecule has 37 heavy (non-hydrogen) atoms. The zero-order valence-corrected chi connectivity index (χ0v) is 21.9. The number of phenols is 1. The maximum Gasteiger partial charge on any atom is 0.246 e. The number of carbonyl (C=O) groups is 1. The maximum atomic E-state index is 13.5. The van der Waals surface area contributed by atoms with Gasteiger partial charge in [0.15, 0.2) is 11.5 Å². The monoisotopic (exact) mass is 500 g/mol. The Morgan fingerprint density at radius 1 is 1.30 bits per heavy atom. The third-order valence-corrected chi connectivity index (χ3v) is 9.80. The Kier molecular flexibility index (Phi) is 5.38. The second-order valence-electron chi connectivity index (χ2n) is 11.5. The highest BCUT2D eigenvalue weighted by Gasteiger charge is 2.78. The molecule has 1 amide bonds. The van der Waals surface area contributed by atoms with Gasteiger partial charge in [0.05, 0.1) is 17.1 Å².